The fourth-order valence-corrected chi connectivity index (χ4v) is 11.8. The summed E-state index contributed by atoms with van der Waals surface area (Å²) in [5.41, 5.74) is 11.6. The zero-order valence-electron chi connectivity index (χ0n) is 57.4. The lowest BCUT2D eigenvalue weighted by molar-refractivity contribution is -0.143. The number of benzene rings is 4. The summed E-state index contributed by atoms with van der Waals surface area (Å²) in [5, 5.41) is 73.3. The van der Waals surface area contributed by atoms with Gasteiger partial charge in [0.1, 0.15) is 77.9 Å². The van der Waals surface area contributed by atoms with Crippen molar-refractivity contribution in [2.45, 2.75) is 126 Å². The van der Waals surface area contributed by atoms with Crippen LogP contribution in [0.5, 0.6) is 23.0 Å². The Kier molecular flexibility index (Phi) is 28.7. The number of nitrogens with one attached hydrogen (secondary N) is 10. The van der Waals surface area contributed by atoms with E-state index >= 15 is 0 Å². The number of hydrogen-bond donors (Lipinski definition) is 17. The standard InChI is InChI=1S/C68H81N13O24S/c1-33(2)57(80-53(86)32-103-23-22-102-21-19-71-67(106)74-36-11-14-40-39(25-36)66(101)105-68(40)41-15-12-37(82)26-49(41)104-50-27-38(83)13-16-42(50)68)65(100)81-20-7-10-48(81)64(99)72-31-52(85)75-43(17-18-51(69)84)60(95)77-45(24-35-8-5-4-6-9-35)62(97)79-47(30-56(91)92)63(98)78-46(29-55(89)90)61(96)73-34(3)59(94)76-44(58(70)93)28-54(87)88/h4-6,8-9,11-16,25-27,33-34,43-48,57,82-83H,7,10,17-24,28-32H2,1-3H3,(H2,69,84)(H2,70,93)(H,72,99)(H,73,96)(H,75,85)(H,76,94)(H,77,95)(H,78,98)(H,79,97)(H,80,86)(H,87,88)(H,89,90)(H,91,92)(H2,71,74,106)/t34-,43-,44-,45-,46-,47-,48-,57-/m0/s1. The van der Waals surface area contributed by atoms with Gasteiger partial charge >= 0.3 is 23.9 Å². The largest absolute Gasteiger partial charge is 0.508 e. The van der Waals surface area contributed by atoms with Crippen LogP contribution in [0.15, 0.2) is 84.9 Å². The number of amides is 11. The Hall–Kier alpha value is -12.1. The molecule has 0 unspecified atom stereocenters. The van der Waals surface area contributed by atoms with Crippen molar-refractivity contribution < 1.29 is 116 Å². The molecule has 0 aliphatic carbocycles. The number of nitrogens with zero attached hydrogens (tertiary/aromatic N) is 1. The van der Waals surface area contributed by atoms with Crippen LogP contribution in [0.25, 0.3) is 0 Å². The molecule has 37 nitrogen and oxygen atoms in total. The number of aliphatic carboxylic acids is 3. The van der Waals surface area contributed by atoms with Gasteiger partial charge in [0.25, 0.3) is 0 Å². The van der Waals surface area contributed by atoms with E-state index in [1.165, 1.54) is 41.3 Å². The Bertz CT molecular complexity index is 4000. The van der Waals surface area contributed by atoms with E-state index in [-0.39, 0.29) is 79.4 Å². The Morgan fingerprint density at radius 3 is 1.77 bits per heavy atom. The minimum atomic E-state index is -2.11. The first kappa shape index (κ1) is 81.2. The molecule has 0 aromatic heterocycles. The molecule has 1 saturated heterocycles. The second-order valence-corrected chi connectivity index (χ2v) is 25.4. The van der Waals surface area contributed by atoms with Crippen molar-refractivity contribution in [1.82, 2.24) is 52.8 Å². The van der Waals surface area contributed by atoms with Gasteiger partial charge in [0.05, 0.1) is 51.2 Å². The number of aromatic hydroxyl groups is 2. The third-order valence-corrected chi connectivity index (χ3v) is 17.0. The number of phenols is 2. The highest BCUT2D eigenvalue weighted by Gasteiger charge is 2.54. The monoisotopic (exact) mass is 1500 g/mol. The summed E-state index contributed by atoms with van der Waals surface area (Å²) in [6.07, 6.45) is -4.20. The number of nitrogens with two attached hydrogens (primary N) is 2. The average molecular weight is 1500 g/mol. The van der Waals surface area contributed by atoms with Crippen LogP contribution < -0.4 is 69.4 Å². The lowest BCUT2D eigenvalue weighted by Gasteiger charge is -2.36. The SMILES string of the molecule is CC(C)[C@H](NC(=O)COCCOCCNC(=S)Nc1ccc2c(c1)C(=O)OC21c2ccc(O)cc2Oc2cc(O)ccc21)C(=O)N1CCC[C@H]1C(=O)NCC(=O)N[C@@H](CCC(N)=O)C(=O)N[C@@H](Cc1ccccc1)C(=O)N[C@@H](CC(=O)O)C(=O)N[C@@H](CC(=O)O)C(=O)N[C@@H](C)C(=O)N[C@@H](CC(=O)O)C(N)=O. The molecule has 8 atom stereocenters. The average Bonchev–Trinajstić information content (AvgIpc) is 1.49. The van der Waals surface area contributed by atoms with Gasteiger partial charge in [-0.2, -0.15) is 0 Å². The van der Waals surface area contributed by atoms with Gasteiger partial charge in [-0.3, -0.25) is 67.1 Å². The maximum absolute atomic E-state index is 14.2. The number of carboxylic acid groups (broad SMARTS) is 3. The van der Waals surface area contributed by atoms with Gasteiger partial charge in [-0.15, -0.1) is 0 Å². The van der Waals surface area contributed by atoms with Crippen LogP contribution in [0, 0.1) is 5.92 Å². The Morgan fingerprint density at radius 2 is 1.18 bits per heavy atom. The second-order valence-electron chi connectivity index (χ2n) is 25.0. The molecule has 1 spiro atoms. The Labute approximate surface area is 609 Å². The number of carbonyl (C=O) groups excluding carboxylic acids is 12. The number of likely N-dealkylation sites (tertiary alicyclic amines) is 1. The fourth-order valence-electron chi connectivity index (χ4n) is 11.6. The van der Waals surface area contributed by atoms with Crippen LogP contribution in [0.2, 0.25) is 0 Å². The van der Waals surface area contributed by atoms with Crippen molar-refractivity contribution in [3.63, 3.8) is 0 Å². The molecule has 38 heteroatoms. The molecule has 0 radical (unpaired) electrons. The molecule has 106 heavy (non-hydrogen) atoms. The summed E-state index contributed by atoms with van der Waals surface area (Å²) >= 11 is 5.48. The molecule has 568 valence electrons. The number of fused-ring (bicyclic) bond motifs is 6. The topological polar surface area (TPSA) is 570 Å². The smallest absolute Gasteiger partial charge is 0.340 e. The van der Waals surface area contributed by atoms with E-state index in [2.05, 4.69) is 42.5 Å². The second kappa shape index (κ2) is 37.4. The number of rotatable bonds is 38. The van der Waals surface area contributed by atoms with E-state index in [4.69, 9.17) is 47.7 Å². The molecule has 4 aromatic carbocycles. The van der Waals surface area contributed by atoms with Gasteiger partial charge in [0.15, 0.2) is 10.7 Å². The van der Waals surface area contributed by atoms with Crippen LogP contribution in [0.3, 0.4) is 0 Å². The van der Waals surface area contributed by atoms with E-state index in [0.29, 0.717) is 34.4 Å². The molecule has 3 heterocycles. The lowest BCUT2D eigenvalue weighted by atomic mass is 9.77. The van der Waals surface area contributed by atoms with Crippen molar-refractivity contribution >= 4 is 112 Å². The maximum atomic E-state index is 14.2. The fraction of sp³-hybridized carbons (Fsp3) is 0.412. The van der Waals surface area contributed by atoms with Gasteiger partial charge in [0.2, 0.25) is 65.0 Å². The normalized spacial score (nSPS) is 15.6. The maximum Gasteiger partial charge on any atom is 0.340 e. The number of ether oxygens (including phenoxy) is 4. The van der Waals surface area contributed by atoms with Gasteiger partial charge in [-0.05, 0) is 86.3 Å². The molecule has 0 saturated carbocycles. The third-order valence-electron chi connectivity index (χ3n) is 16.7. The predicted octanol–water partition coefficient (Wildman–Crippen LogP) is -2.42. The van der Waals surface area contributed by atoms with Crippen LogP contribution in [-0.4, -0.2) is 219 Å². The minimum absolute atomic E-state index is 0.0264. The number of esters is 1. The number of carboxylic acids is 3. The number of thiocarbonyl (C=S) groups is 1. The predicted molar refractivity (Wildman–Crippen MR) is 370 cm³/mol. The van der Waals surface area contributed by atoms with Gasteiger partial charge in [-0.25, -0.2) is 4.79 Å². The molecule has 3 aliphatic heterocycles. The van der Waals surface area contributed by atoms with Gasteiger partial charge in [-0.1, -0.05) is 50.2 Å². The minimum Gasteiger partial charge on any atom is -0.508 e. The van der Waals surface area contributed by atoms with Crippen LogP contribution in [0.4, 0.5) is 5.69 Å². The van der Waals surface area contributed by atoms with Crippen molar-refractivity contribution in [1.29, 1.82) is 0 Å². The highest BCUT2D eigenvalue weighted by atomic mass is 32.1. The lowest BCUT2D eigenvalue weighted by Crippen LogP contribution is -2.60. The van der Waals surface area contributed by atoms with E-state index in [1.807, 2.05) is 10.6 Å². The zero-order valence-corrected chi connectivity index (χ0v) is 58.2. The van der Waals surface area contributed by atoms with Crippen molar-refractivity contribution in [3.05, 3.63) is 113 Å². The summed E-state index contributed by atoms with van der Waals surface area (Å²) < 4.78 is 23.3. The summed E-state index contributed by atoms with van der Waals surface area (Å²) in [4.78, 5) is 196. The Balaban J connectivity index is 0.871. The van der Waals surface area contributed by atoms with Crippen molar-refractivity contribution in [2.24, 2.45) is 17.4 Å². The summed E-state index contributed by atoms with van der Waals surface area (Å²) in [7, 11) is 0. The first-order valence-electron chi connectivity index (χ1n) is 33.1. The number of phenolic OH excluding ortho intramolecular Hbond substituents is 2. The zero-order chi connectivity index (χ0) is 77.7. The van der Waals surface area contributed by atoms with Crippen LogP contribution in [0.1, 0.15) is 98.3 Å². The van der Waals surface area contributed by atoms with E-state index < -0.39 is 194 Å². The van der Waals surface area contributed by atoms with Crippen molar-refractivity contribution in [2.75, 3.05) is 51.4 Å². The molecular weight excluding hydrogens is 1410 g/mol. The summed E-state index contributed by atoms with van der Waals surface area (Å²) in [5.74, 6) is -17.3. The number of anilines is 1. The van der Waals surface area contributed by atoms with E-state index in [1.54, 1.807) is 62.4 Å². The number of hydrogen-bond acceptors (Lipinski definition) is 22. The molecule has 3 aliphatic rings. The first-order chi connectivity index (χ1) is 50.2. The van der Waals surface area contributed by atoms with E-state index in [9.17, 15) is 92.3 Å². The number of carbonyl (C=O) groups is 15. The van der Waals surface area contributed by atoms with Crippen LogP contribution >= 0.6 is 12.2 Å². The number of primary amides is 2. The highest BCUT2D eigenvalue weighted by Crippen LogP contribution is 2.57. The summed E-state index contributed by atoms with van der Waals surface area (Å²) in [6, 6.07) is 8.51. The molecule has 1 fully saturated rings. The molecule has 4 aromatic rings. The highest BCUT2D eigenvalue weighted by molar-refractivity contribution is 7.80. The third kappa shape index (κ3) is 22.2. The quantitative estimate of drug-likeness (QED) is 0.0126. The van der Waals surface area contributed by atoms with Gasteiger partial charge in [0, 0.05) is 60.4 Å². The van der Waals surface area contributed by atoms with E-state index in [0.717, 1.165) is 6.92 Å². The van der Waals surface area contributed by atoms with Gasteiger partial charge < -0.3 is 114 Å². The Morgan fingerprint density at radius 1 is 0.623 bits per heavy atom. The molecule has 0 bridgehead atoms. The van der Waals surface area contributed by atoms with Crippen LogP contribution in [-0.2, 0) is 93.4 Å². The van der Waals surface area contributed by atoms with Crippen molar-refractivity contribution in [3.8, 4) is 23.0 Å². The molecule has 7 rings (SSSR count). The first-order valence-corrected chi connectivity index (χ1v) is 33.5. The molecule has 11 amide bonds. The summed E-state index contributed by atoms with van der Waals surface area (Å²) in [6.45, 7) is 3.64. The molecule has 19 N–H and O–H groups in total. The molecular formula is C68H81N13O24S.